The van der Waals surface area contributed by atoms with Crippen LogP contribution in [0, 0.1) is 0 Å². The van der Waals surface area contributed by atoms with Gasteiger partial charge in [-0.05, 0) is 29.7 Å². The highest BCUT2D eigenvalue weighted by molar-refractivity contribution is 7.86. The van der Waals surface area contributed by atoms with E-state index in [1.807, 2.05) is 30.3 Å². The van der Waals surface area contributed by atoms with E-state index in [2.05, 4.69) is 4.90 Å². The van der Waals surface area contributed by atoms with Crippen molar-refractivity contribution < 1.29 is 13.5 Å². The molecule has 0 aromatic heterocycles. The summed E-state index contributed by atoms with van der Waals surface area (Å²) in [7, 11) is -3.31. The number of aromatic hydroxyl groups is 1. The third-order valence-electron chi connectivity index (χ3n) is 5.45. The molecule has 0 bridgehead atoms. The molecule has 0 radical (unpaired) electrons. The van der Waals surface area contributed by atoms with Crippen LogP contribution in [0.15, 0.2) is 36.4 Å². The van der Waals surface area contributed by atoms with E-state index in [4.69, 9.17) is 0 Å². The van der Waals surface area contributed by atoms with Gasteiger partial charge >= 0.3 is 0 Å². The Hall–Kier alpha value is -1.67. The summed E-state index contributed by atoms with van der Waals surface area (Å²) in [6.45, 7) is 4.28. The van der Waals surface area contributed by atoms with Gasteiger partial charge in [-0.25, -0.2) is 0 Å². The minimum atomic E-state index is -3.31. The van der Waals surface area contributed by atoms with Gasteiger partial charge in [-0.3, -0.25) is 4.90 Å². The lowest BCUT2D eigenvalue weighted by Gasteiger charge is -2.36. The number of hydrogen-bond acceptors (Lipinski definition) is 4. The molecule has 0 aliphatic carbocycles. The first-order valence-electron chi connectivity index (χ1n) is 9.23. The van der Waals surface area contributed by atoms with Crippen LogP contribution in [0.5, 0.6) is 5.75 Å². The Labute approximate surface area is 154 Å². The normalized spacial score (nSPS) is 20.8. The summed E-state index contributed by atoms with van der Waals surface area (Å²) in [5.74, 6) is 0.302. The Morgan fingerprint density at radius 1 is 0.846 bits per heavy atom. The number of piperazine rings is 1. The van der Waals surface area contributed by atoms with E-state index in [9.17, 15) is 13.5 Å². The second-order valence-corrected chi connectivity index (χ2v) is 9.00. The fourth-order valence-corrected chi connectivity index (χ4v) is 5.59. The van der Waals surface area contributed by atoms with Crippen LogP contribution >= 0.6 is 0 Å². The molecular formula is C19H25N3O3S. The van der Waals surface area contributed by atoms with Crippen LogP contribution in [-0.2, 0) is 16.8 Å². The topological polar surface area (TPSA) is 64.1 Å². The summed E-state index contributed by atoms with van der Waals surface area (Å²) < 4.78 is 28.6. The molecule has 140 valence electrons. The molecule has 1 N–H and O–H groups in total. The molecule has 0 unspecified atom stereocenters. The molecule has 0 saturated carbocycles. The fourth-order valence-electron chi connectivity index (χ4n) is 3.91. The van der Waals surface area contributed by atoms with E-state index < -0.39 is 10.2 Å². The Kier molecular flexibility index (Phi) is 4.88. The highest BCUT2D eigenvalue weighted by Gasteiger charge is 2.33. The van der Waals surface area contributed by atoms with E-state index in [0.29, 0.717) is 51.6 Å². The second kappa shape index (κ2) is 7.15. The highest BCUT2D eigenvalue weighted by Crippen LogP contribution is 2.29. The standard InChI is InChI=1S/C19H25N3O3S/c23-19-8-7-16-5-1-2-6-17(16)18(19)15-20-11-13-22(14-12-20)26(24,25)21-9-3-4-10-21/h1-2,5-8,23H,3-4,9-15H2. The van der Waals surface area contributed by atoms with Crippen molar-refractivity contribution in [2.45, 2.75) is 19.4 Å². The molecule has 2 fully saturated rings. The largest absolute Gasteiger partial charge is 0.508 e. The summed E-state index contributed by atoms with van der Waals surface area (Å²) in [5, 5.41) is 12.5. The monoisotopic (exact) mass is 375 g/mol. The summed E-state index contributed by atoms with van der Waals surface area (Å²) in [6.07, 6.45) is 1.92. The van der Waals surface area contributed by atoms with Crippen LogP contribution < -0.4 is 0 Å². The molecule has 2 heterocycles. The predicted octanol–water partition coefficient (Wildman–Crippen LogP) is 2.00. The van der Waals surface area contributed by atoms with Gasteiger partial charge in [0.2, 0.25) is 0 Å². The Bertz CT molecular complexity index is 886. The molecule has 0 spiro atoms. The number of rotatable bonds is 4. The lowest BCUT2D eigenvalue weighted by molar-refractivity contribution is 0.175. The van der Waals surface area contributed by atoms with Crippen molar-refractivity contribution in [1.29, 1.82) is 0 Å². The van der Waals surface area contributed by atoms with E-state index >= 15 is 0 Å². The number of nitrogens with zero attached hydrogens (tertiary/aromatic N) is 3. The third-order valence-corrected chi connectivity index (χ3v) is 7.48. The molecular weight excluding hydrogens is 350 g/mol. The van der Waals surface area contributed by atoms with Gasteiger partial charge < -0.3 is 5.11 Å². The zero-order valence-electron chi connectivity index (χ0n) is 14.8. The number of hydrogen-bond donors (Lipinski definition) is 1. The lowest BCUT2D eigenvalue weighted by atomic mass is 10.0. The molecule has 0 amide bonds. The number of phenols is 1. The number of phenolic OH excluding ortho intramolecular Hbond substituents is 1. The predicted molar refractivity (Wildman–Crippen MR) is 102 cm³/mol. The lowest BCUT2D eigenvalue weighted by Crippen LogP contribution is -2.52. The maximum atomic E-state index is 12.7. The molecule has 0 atom stereocenters. The third kappa shape index (κ3) is 3.32. The van der Waals surface area contributed by atoms with Gasteiger partial charge in [-0.15, -0.1) is 0 Å². The molecule has 2 aliphatic heterocycles. The first kappa shape index (κ1) is 17.7. The summed E-state index contributed by atoms with van der Waals surface area (Å²) >= 11 is 0. The van der Waals surface area contributed by atoms with Gasteiger partial charge in [-0.2, -0.15) is 17.0 Å². The average molecular weight is 375 g/mol. The van der Waals surface area contributed by atoms with Crippen LogP contribution in [0.3, 0.4) is 0 Å². The van der Waals surface area contributed by atoms with Crippen LogP contribution in [0.2, 0.25) is 0 Å². The van der Waals surface area contributed by atoms with Crippen molar-refractivity contribution in [3.05, 3.63) is 42.0 Å². The molecule has 2 aromatic rings. The maximum absolute atomic E-state index is 12.7. The van der Waals surface area contributed by atoms with Crippen LogP contribution in [0.4, 0.5) is 0 Å². The quantitative estimate of drug-likeness (QED) is 0.888. The molecule has 7 heteroatoms. The molecule has 26 heavy (non-hydrogen) atoms. The smallest absolute Gasteiger partial charge is 0.282 e. The average Bonchev–Trinajstić information content (AvgIpc) is 3.20. The van der Waals surface area contributed by atoms with Gasteiger partial charge in [0.05, 0.1) is 0 Å². The SMILES string of the molecule is O=S(=O)(N1CCCC1)N1CCN(Cc2c(O)ccc3ccccc23)CC1. The molecule has 2 saturated heterocycles. The van der Waals surface area contributed by atoms with Gasteiger partial charge in [0.15, 0.2) is 0 Å². The van der Waals surface area contributed by atoms with E-state index in [1.54, 1.807) is 14.7 Å². The van der Waals surface area contributed by atoms with Crippen molar-refractivity contribution in [2.75, 3.05) is 39.3 Å². The van der Waals surface area contributed by atoms with Crippen molar-refractivity contribution in [3.8, 4) is 5.75 Å². The van der Waals surface area contributed by atoms with Crippen molar-refractivity contribution in [2.24, 2.45) is 0 Å². The number of fused-ring (bicyclic) bond motifs is 1. The molecule has 2 aromatic carbocycles. The minimum absolute atomic E-state index is 0.302. The minimum Gasteiger partial charge on any atom is -0.508 e. The maximum Gasteiger partial charge on any atom is 0.282 e. The zero-order valence-corrected chi connectivity index (χ0v) is 15.7. The van der Waals surface area contributed by atoms with Crippen molar-refractivity contribution >= 4 is 21.0 Å². The van der Waals surface area contributed by atoms with Gasteiger partial charge in [0, 0.05) is 51.4 Å². The fraction of sp³-hybridized carbons (Fsp3) is 0.474. The first-order chi connectivity index (χ1) is 12.6. The summed E-state index contributed by atoms with van der Waals surface area (Å²) in [6, 6.07) is 11.7. The Morgan fingerprint density at radius 2 is 1.50 bits per heavy atom. The van der Waals surface area contributed by atoms with Gasteiger partial charge in [0.25, 0.3) is 10.2 Å². The van der Waals surface area contributed by atoms with Gasteiger partial charge in [0.1, 0.15) is 5.75 Å². The highest BCUT2D eigenvalue weighted by atomic mass is 32.2. The van der Waals surface area contributed by atoms with Gasteiger partial charge in [-0.1, -0.05) is 30.3 Å². The van der Waals surface area contributed by atoms with Crippen LogP contribution in [0.1, 0.15) is 18.4 Å². The second-order valence-electron chi connectivity index (χ2n) is 7.07. The van der Waals surface area contributed by atoms with E-state index in [1.165, 1.54) is 0 Å². The molecule has 4 rings (SSSR count). The summed E-state index contributed by atoms with van der Waals surface area (Å²) in [4.78, 5) is 2.22. The first-order valence-corrected chi connectivity index (χ1v) is 10.6. The Balaban J connectivity index is 1.46. The van der Waals surface area contributed by atoms with E-state index in [0.717, 1.165) is 29.2 Å². The van der Waals surface area contributed by atoms with E-state index in [-0.39, 0.29) is 0 Å². The van der Waals surface area contributed by atoms with Crippen LogP contribution in [-0.4, -0.2) is 66.3 Å². The molecule has 2 aliphatic rings. The molecule has 6 nitrogen and oxygen atoms in total. The number of benzene rings is 2. The Morgan fingerprint density at radius 3 is 2.23 bits per heavy atom. The zero-order chi connectivity index (χ0) is 18.1. The van der Waals surface area contributed by atoms with Crippen LogP contribution in [0.25, 0.3) is 10.8 Å². The van der Waals surface area contributed by atoms with Crippen molar-refractivity contribution in [1.82, 2.24) is 13.5 Å². The van der Waals surface area contributed by atoms with Crippen molar-refractivity contribution in [3.63, 3.8) is 0 Å². The summed E-state index contributed by atoms with van der Waals surface area (Å²) in [5.41, 5.74) is 0.916.